The van der Waals surface area contributed by atoms with Crippen LogP contribution in [-0.4, -0.2) is 21.2 Å². The third-order valence-corrected chi connectivity index (χ3v) is 3.71. The molecule has 0 bridgehead atoms. The van der Waals surface area contributed by atoms with Crippen molar-refractivity contribution in [3.63, 3.8) is 0 Å². The van der Waals surface area contributed by atoms with E-state index in [1.807, 2.05) is 6.07 Å². The number of benzene rings is 1. The summed E-state index contributed by atoms with van der Waals surface area (Å²) in [7, 11) is 0. The van der Waals surface area contributed by atoms with Gasteiger partial charge in [-0.1, -0.05) is 23.7 Å². The Bertz CT molecular complexity index is 478. The van der Waals surface area contributed by atoms with Crippen LogP contribution in [0.2, 0.25) is 5.02 Å². The molecule has 1 saturated heterocycles. The van der Waals surface area contributed by atoms with Gasteiger partial charge in [0.2, 0.25) is 5.91 Å². The van der Waals surface area contributed by atoms with Gasteiger partial charge in [-0.15, -0.1) is 0 Å². The fourth-order valence-electron chi connectivity index (χ4n) is 1.91. The Morgan fingerprint density at radius 1 is 1.53 bits per heavy atom. The van der Waals surface area contributed by atoms with Gasteiger partial charge in [-0.3, -0.25) is 4.79 Å². The lowest BCUT2D eigenvalue weighted by molar-refractivity contribution is -0.119. The normalized spacial score (nSPS) is 21.3. The molecule has 0 radical (unpaired) electrons. The molecular weight excluding hydrogens is 262 g/mol. The first-order chi connectivity index (χ1) is 8.06. The Labute approximate surface area is 107 Å². The Morgan fingerprint density at radius 2 is 2.29 bits per heavy atom. The van der Waals surface area contributed by atoms with Crippen LogP contribution in [-0.2, 0) is 21.6 Å². The van der Waals surface area contributed by atoms with E-state index in [0.717, 1.165) is 5.56 Å². The molecule has 2 unspecified atom stereocenters. The largest absolute Gasteiger partial charge is 0.355 e. The van der Waals surface area contributed by atoms with Crippen molar-refractivity contribution < 1.29 is 13.6 Å². The van der Waals surface area contributed by atoms with E-state index < -0.39 is 11.1 Å². The first-order valence-corrected chi connectivity index (χ1v) is 6.84. The Hall–Kier alpha value is -0.910. The molecule has 4 nitrogen and oxygen atoms in total. The summed E-state index contributed by atoms with van der Waals surface area (Å²) in [6.07, 6.45) is 0.474. The molecule has 1 aromatic carbocycles. The molecule has 1 aliphatic heterocycles. The molecule has 1 fully saturated rings. The molecule has 0 aliphatic carbocycles. The van der Waals surface area contributed by atoms with E-state index >= 15 is 0 Å². The van der Waals surface area contributed by atoms with Gasteiger partial charge in [0.25, 0.3) is 0 Å². The van der Waals surface area contributed by atoms with Crippen LogP contribution < -0.4 is 5.32 Å². The van der Waals surface area contributed by atoms with Crippen LogP contribution in [0.5, 0.6) is 0 Å². The summed E-state index contributed by atoms with van der Waals surface area (Å²) in [6.45, 7) is 0.625. The Morgan fingerprint density at radius 3 is 2.82 bits per heavy atom. The quantitative estimate of drug-likeness (QED) is 0.823. The van der Waals surface area contributed by atoms with E-state index in [1.165, 1.54) is 0 Å². The van der Waals surface area contributed by atoms with Crippen LogP contribution >= 0.6 is 11.6 Å². The third kappa shape index (κ3) is 3.06. The second-order valence-electron chi connectivity index (χ2n) is 4.02. The molecule has 0 spiro atoms. The van der Waals surface area contributed by atoms with E-state index in [9.17, 15) is 9.00 Å². The standard InChI is InChI=1S/C11H12ClNO3S/c12-10-3-7(9-4-11(14)13-5-9)1-2-8(10)6-17(15)16/h1-3,9H,4-6H2,(H,13,14)(H,15,16). The predicted octanol–water partition coefficient (Wildman–Crippen LogP) is 1.67. The maximum absolute atomic E-state index is 11.1. The highest BCUT2D eigenvalue weighted by atomic mass is 35.5. The van der Waals surface area contributed by atoms with Crippen LogP contribution in [0.4, 0.5) is 0 Å². The molecule has 1 amide bonds. The smallest absolute Gasteiger partial charge is 0.220 e. The highest BCUT2D eigenvalue weighted by Crippen LogP contribution is 2.27. The van der Waals surface area contributed by atoms with Gasteiger partial charge in [-0.05, 0) is 17.2 Å². The molecule has 0 saturated carbocycles. The number of amides is 1. The Kier molecular flexibility index (Phi) is 3.81. The summed E-state index contributed by atoms with van der Waals surface area (Å²) in [5.74, 6) is 0.223. The van der Waals surface area contributed by atoms with Crippen molar-refractivity contribution in [2.24, 2.45) is 0 Å². The number of nitrogens with one attached hydrogen (secondary N) is 1. The fourth-order valence-corrected chi connectivity index (χ4v) is 2.76. The molecule has 1 aromatic rings. The first kappa shape index (κ1) is 12.5. The second kappa shape index (κ2) is 5.16. The van der Waals surface area contributed by atoms with Crippen LogP contribution in [0.25, 0.3) is 0 Å². The molecule has 2 N–H and O–H groups in total. The van der Waals surface area contributed by atoms with Gasteiger partial charge >= 0.3 is 0 Å². The average Bonchev–Trinajstić information content (AvgIpc) is 2.67. The first-order valence-electron chi connectivity index (χ1n) is 5.18. The monoisotopic (exact) mass is 273 g/mol. The predicted molar refractivity (Wildman–Crippen MR) is 66.3 cm³/mol. The topological polar surface area (TPSA) is 66.4 Å². The van der Waals surface area contributed by atoms with Gasteiger partial charge in [-0.2, -0.15) is 0 Å². The van der Waals surface area contributed by atoms with E-state index in [2.05, 4.69) is 5.32 Å². The Balaban J connectivity index is 2.18. The summed E-state index contributed by atoms with van der Waals surface area (Å²) < 4.78 is 19.5. The summed E-state index contributed by atoms with van der Waals surface area (Å²) >= 11 is 4.15. The second-order valence-corrected chi connectivity index (χ2v) is 5.36. The molecule has 1 heterocycles. The van der Waals surface area contributed by atoms with Crippen molar-refractivity contribution in [3.8, 4) is 0 Å². The SMILES string of the molecule is O=C1CC(c2ccc(CS(=O)O)c(Cl)c2)CN1. The van der Waals surface area contributed by atoms with Crippen molar-refractivity contribution in [3.05, 3.63) is 34.3 Å². The van der Waals surface area contributed by atoms with Crippen molar-refractivity contribution in [1.82, 2.24) is 5.32 Å². The molecule has 0 aromatic heterocycles. The van der Waals surface area contributed by atoms with Gasteiger partial charge in [0, 0.05) is 23.9 Å². The van der Waals surface area contributed by atoms with Crippen LogP contribution in [0.3, 0.4) is 0 Å². The van der Waals surface area contributed by atoms with Crippen LogP contribution in [0.1, 0.15) is 23.5 Å². The lowest BCUT2D eigenvalue weighted by Crippen LogP contribution is -2.13. The van der Waals surface area contributed by atoms with Crippen LogP contribution in [0.15, 0.2) is 18.2 Å². The average molecular weight is 274 g/mol. The number of carbonyl (C=O) groups is 1. The lowest BCUT2D eigenvalue weighted by atomic mass is 9.97. The third-order valence-electron chi connectivity index (χ3n) is 2.80. The molecule has 17 heavy (non-hydrogen) atoms. The number of carbonyl (C=O) groups excluding carboxylic acids is 1. The minimum atomic E-state index is -1.89. The van der Waals surface area contributed by atoms with E-state index in [-0.39, 0.29) is 17.6 Å². The van der Waals surface area contributed by atoms with E-state index in [0.29, 0.717) is 23.6 Å². The zero-order valence-electron chi connectivity index (χ0n) is 8.98. The molecule has 2 rings (SSSR count). The van der Waals surface area contributed by atoms with Crippen molar-refractivity contribution in [2.45, 2.75) is 18.1 Å². The number of halogens is 1. The zero-order chi connectivity index (χ0) is 12.4. The minimum absolute atomic E-state index is 0.0287. The van der Waals surface area contributed by atoms with Gasteiger partial charge in [0.1, 0.15) is 0 Å². The summed E-state index contributed by atoms with van der Waals surface area (Å²) in [4.78, 5) is 11.1. The fraction of sp³-hybridized carbons (Fsp3) is 0.364. The summed E-state index contributed by atoms with van der Waals surface area (Å²) in [5, 5.41) is 3.24. The number of hydrogen-bond acceptors (Lipinski definition) is 2. The summed E-state index contributed by atoms with van der Waals surface area (Å²) in [5.41, 5.74) is 1.63. The van der Waals surface area contributed by atoms with E-state index in [1.54, 1.807) is 12.1 Å². The number of rotatable bonds is 3. The van der Waals surface area contributed by atoms with Crippen LogP contribution in [0, 0.1) is 0 Å². The van der Waals surface area contributed by atoms with Crippen molar-refractivity contribution in [2.75, 3.05) is 6.54 Å². The maximum Gasteiger partial charge on any atom is 0.220 e. The van der Waals surface area contributed by atoms with Crippen molar-refractivity contribution in [1.29, 1.82) is 0 Å². The molecule has 1 aliphatic rings. The van der Waals surface area contributed by atoms with Gasteiger partial charge in [0.15, 0.2) is 11.1 Å². The molecule has 6 heteroatoms. The highest BCUT2D eigenvalue weighted by Gasteiger charge is 2.23. The summed E-state index contributed by atoms with van der Waals surface area (Å²) in [6, 6.07) is 5.38. The van der Waals surface area contributed by atoms with E-state index in [4.69, 9.17) is 16.2 Å². The minimum Gasteiger partial charge on any atom is -0.355 e. The zero-order valence-corrected chi connectivity index (χ0v) is 10.6. The van der Waals surface area contributed by atoms with Gasteiger partial charge < -0.3 is 9.87 Å². The van der Waals surface area contributed by atoms with Gasteiger partial charge in [-0.25, -0.2) is 4.21 Å². The maximum atomic E-state index is 11.1. The van der Waals surface area contributed by atoms with Gasteiger partial charge in [0.05, 0.1) is 5.75 Å². The highest BCUT2D eigenvalue weighted by molar-refractivity contribution is 7.78. The molecule has 92 valence electrons. The molecular formula is C11H12ClNO3S. The number of hydrogen-bond donors (Lipinski definition) is 2. The lowest BCUT2D eigenvalue weighted by Gasteiger charge is -2.10. The van der Waals surface area contributed by atoms with Crippen molar-refractivity contribution >= 4 is 28.6 Å². The molecule has 2 atom stereocenters.